The van der Waals surface area contributed by atoms with Crippen LogP contribution in [0, 0.1) is 5.92 Å². The molecule has 0 aromatic heterocycles. The number of ether oxygens (including phenoxy) is 4. The van der Waals surface area contributed by atoms with Gasteiger partial charge in [0.25, 0.3) is 0 Å². The number of aliphatic hydroxyl groups is 1. The summed E-state index contributed by atoms with van der Waals surface area (Å²) in [6, 6.07) is 0. The summed E-state index contributed by atoms with van der Waals surface area (Å²) in [6.45, 7) is 7.44. The molecule has 0 bridgehead atoms. The number of carbonyl (C=O) groups is 4. The quantitative estimate of drug-likeness (QED) is 0.0222. The summed E-state index contributed by atoms with van der Waals surface area (Å²) in [7, 11) is -9.94. The van der Waals surface area contributed by atoms with Gasteiger partial charge in [0.2, 0.25) is 0 Å². The van der Waals surface area contributed by atoms with Gasteiger partial charge in [-0.25, -0.2) is 9.13 Å². The van der Waals surface area contributed by atoms with Gasteiger partial charge in [0.15, 0.2) is 12.2 Å². The van der Waals surface area contributed by atoms with Gasteiger partial charge in [0.05, 0.1) is 26.4 Å². The van der Waals surface area contributed by atoms with E-state index in [1.165, 1.54) is 327 Å². The van der Waals surface area contributed by atoms with E-state index in [1.54, 1.807) is 0 Å². The molecule has 0 rings (SSSR count). The summed E-state index contributed by atoms with van der Waals surface area (Å²) in [5, 5.41) is 10.7. The molecule has 0 spiro atoms. The second kappa shape index (κ2) is 84.5. The fourth-order valence-corrected chi connectivity index (χ4v) is 16.1. The van der Waals surface area contributed by atoms with Gasteiger partial charge in [0, 0.05) is 25.7 Å². The lowest BCUT2D eigenvalue weighted by atomic mass is 10.0. The fourth-order valence-electron chi connectivity index (χ4n) is 14.5. The van der Waals surface area contributed by atoms with Crippen LogP contribution in [0.4, 0.5) is 0 Å². The monoisotopic (exact) mass is 1620 g/mol. The molecule has 19 heteroatoms. The van der Waals surface area contributed by atoms with Crippen LogP contribution in [0.15, 0.2) is 0 Å². The Balaban J connectivity index is 5.24. The van der Waals surface area contributed by atoms with Crippen molar-refractivity contribution >= 4 is 39.5 Å². The zero-order valence-corrected chi connectivity index (χ0v) is 74.9. The molecule has 0 radical (unpaired) electrons. The van der Waals surface area contributed by atoms with Gasteiger partial charge in [-0.1, -0.05) is 452 Å². The van der Waals surface area contributed by atoms with Crippen LogP contribution in [0.3, 0.4) is 0 Å². The van der Waals surface area contributed by atoms with Crippen LogP contribution in [0.25, 0.3) is 0 Å². The standard InChI is InChI=1S/C92H180O17P2/c1-6-9-12-15-18-21-24-27-29-31-33-34-36-38-44-48-53-58-63-68-73-78-92(97)109-88(82-103-90(95)76-71-66-61-56-51-46-42-40-39-41-45-49-54-59-64-69-74-85(4)5)84-107-111(100,101)105-80-86(93)79-104-110(98,99)106-83-87(81-102-89(94)75-70-65-60-55-50-26-23-20-17-14-11-8-3)108-91(96)77-72-67-62-57-52-47-43-37-35-32-30-28-25-22-19-16-13-10-7-2/h85-88,93H,6-84H2,1-5H3,(H,98,99)(H,100,101)/t86-,87+,88+/m0/s1. The van der Waals surface area contributed by atoms with Crippen LogP contribution in [0.1, 0.15) is 503 Å². The maximum atomic E-state index is 13.2. The average Bonchev–Trinajstić information content (AvgIpc) is 0.898. The predicted octanol–water partition coefficient (Wildman–Crippen LogP) is 28.7. The van der Waals surface area contributed by atoms with Gasteiger partial charge in [-0.3, -0.25) is 37.3 Å². The van der Waals surface area contributed by atoms with Gasteiger partial charge in [-0.15, -0.1) is 0 Å². The lowest BCUT2D eigenvalue weighted by Crippen LogP contribution is -2.30. The summed E-state index contributed by atoms with van der Waals surface area (Å²) in [4.78, 5) is 73.5. The first-order chi connectivity index (χ1) is 54.0. The van der Waals surface area contributed by atoms with Gasteiger partial charge in [0.1, 0.15) is 19.3 Å². The molecule has 0 aromatic carbocycles. The highest BCUT2D eigenvalue weighted by Gasteiger charge is 2.31. The maximum Gasteiger partial charge on any atom is 0.472 e. The second-order valence-corrected chi connectivity index (χ2v) is 36.4. The van der Waals surface area contributed by atoms with E-state index in [4.69, 9.17) is 37.0 Å². The number of unbranched alkanes of at least 4 members (excludes halogenated alkanes) is 64. The number of phosphoric ester groups is 2. The van der Waals surface area contributed by atoms with Gasteiger partial charge < -0.3 is 33.8 Å². The van der Waals surface area contributed by atoms with Crippen LogP contribution < -0.4 is 0 Å². The maximum absolute atomic E-state index is 13.2. The second-order valence-electron chi connectivity index (χ2n) is 33.5. The van der Waals surface area contributed by atoms with E-state index in [-0.39, 0.29) is 25.7 Å². The molecular formula is C92H180O17P2. The van der Waals surface area contributed by atoms with Gasteiger partial charge >= 0.3 is 39.5 Å². The van der Waals surface area contributed by atoms with E-state index < -0.39 is 97.5 Å². The molecule has 5 atom stereocenters. The highest BCUT2D eigenvalue weighted by molar-refractivity contribution is 7.47. The van der Waals surface area contributed by atoms with E-state index in [2.05, 4.69) is 34.6 Å². The number of aliphatic hydroxyl groups excluding tert-OH is 1. The number of carbonyl (C=O) groups excluding carboxylic acids is 4. The van der Waals surface area contributed by atoms with Crippen LogP contribution in [-0.2, 0) is 65.4 Å². The molecule has 0 amide bonds. The normalized spacial score (nSPS) is 13.7. The molecule has 2 unspecified atom stereocenters. The Kier molecular flexibility index (Phi) is 83.0. The molecule has 660 valence electrons. The Morgan fingerprint density at radius 3 is 0.613 bits per heavy atom. The van der Waals surface area contributed by atoms with Crippen molar-refractivity contribution in [2.75, 3.05) is 39.6 Å². The van der Waals surface area contributed by atoms with Crippen molar-refractivity contribution in [2.24, 2.45) is 5.92 Å². The largest absolute Gasteiger partial charge is 0.472 e. The van der Waals surface area contributed by atoms with E-state index >= 15 is 0 Å². The van der Waals surface area contributed by atoms with Crippen molar-refractivity contribution in [2.45, 2.75) is 522 Å². The molecule has 0 saturated heterocycles. The van der Waals surface area contributed by atoms with E-state index in [9.17, 15) is 43.2 Å². The number of esters is 4. The molecule has 0 heterocycles. The third-order valence-corrected chi connectivity index (χ3v) is 23.7. The summed E-state index contributed by atoms with van der Waals surface area (Å²) in [6.07, 6.45) is 80.6. The minimum Gasteiger partial charge on any atom is -0.462 e. The van der Waals surface area contributed by atoms with Gasteiger partial charge in [-0.2, -0.15) is 0 Å². The molecule has 0 aliphatic heterocycles. The first-order valence-electron chi connectivity index (χ1n) is 47.6. The lowest BCUT2D eigenvalue weighted by molar-refractivity contribution is -0.161. The van der Waals surface area contributed by atoms with Crippen molar-refractivity contribution in [3.05, 3.63) is 0 Å². The highest BCUT2D eigenvalue weighted by atomic mass is 31.2. The van der Waals surface area contributed by atoms with Crippen LogP contribution in [0.5, 0.6) is 0 Å². The van der Waals surface area contributed by atoms with Crippen molar-refractivity contribution in [3.63, 3.8) is 0 Å². The molecule has 111 heavy (non-hydrogen) atoms. The van der Waals surface area contributed by atoms with Crippen LogP contribution in [-0.4, -0.2) is 96.7 Å². The molecule has 3 N–H and O–H groups in total. The third-order valence-electron chi connectivity index (χ3n) is 21.8. The molecule has 0 saturated carbocycles. The first kappa shape index (κ1) is 109. The molecule has 0 fully saturated rings. The summed E-state index contributed by atoms with van der Waals surface area (Å²) in [5.74, 6) is -1.28. The molecule has 0 aliphatic carbocycles. The SMILES string of the molecule is CCCCCCCCCCCCCCCCCCCCCCCC(=O)O[C@H](COC(=O)CCCCCCCCCCCCCCCCCCC(C)C)COP(=O)(O)OC[C@@H](O)COP(=O)(O)OC[C@@H](COC(=O)CCCCCCCCCCCCCC)OC(=O)CCCCCCCCCCCCCCCCCCCCC. The summed E-state index contributed by atoms with van der Waals surface area (Å²) >= 11 is 0. The van der Waals surface area contributed by atoms with E-state index in [1.807, 2.05) is 0 Å². The smallest absolute Gasteiger partial charge is 0.462 e. The Morgan fingerprint density at radius 2 is 0.414 bits per heavy atom. The average molecular weight is 1620 g/mol. The van der Waals surface area contributed by atoms with Crippen molar-refractivity contribution < 1.29 is 80.2 Å². The minimum absolute atomic E-state index is 0.110. The Bertz CT molecular complexity index is 2100. The molecule has 17 nitrogen and oxygen atoms in total. The number of phosphoric acid groups is 2. The van der Waals surface area contributed by atoms with E-state index in [0.717, 1.165) is 95.8 Å². The predicted molar refractivity (Wildman–Crippen MR) is 460 cm³/mol. The van der Waals surface area contributed by atoms with Crippen molar-refractivity contribution in [3.8, 4) is 0 Å². The highest BCUT2D eigenvalue weighted by Crippen LogP contribution is 2.45. The lowest BCUT2D eigenvalue weighted by Gasteiger charge is -2.21. The Labute approximate surface area is 683 Å². The Hall–Kier alpha value is -1.94. The van der Waals surface area contributed by atoms with E-state index in [0.29, 0.717) is 25.7 Å². The van der Waals surface area contributed by atoms with Crippen molar-refractivity contribution in [1.29, 1.82) is 0 Å². The number of rotatable bonds is 92. The summed E-state index contributed by atoms with van der Waals surface area (Å²) < 4.78 is 69.1. The summed E-state index contributed by atoms with van der Waals surface area (Å²) in [5.41, 5.74) is 0. The molecule has 0 aromatic rings. The molecular weight excluding hydrogens is 1440 g/mol. The zero-order valence-electron chi connectivity index (χ0n) is 73.1. The van der Waals surface area contributed by atoms with Gasteiger partial charge in [-0.05, 0) is 31.6 Å². The first-order valence-corrected chi connectivity index (χ1v) is 50.6. The molecule has 0 aliphatic rings. The number of hydrogen-bond donors (Lipinski definition) is 3. The fraction of sp³-hybridized carbons (Fsp3) is 0.957. The third kappa shape index (κ3) is 85.8. The number of hydrogen-bond acceptors (Lipinski definition) is 15. The minimum atomic E-state index is -4.97. The topological polar surface area (TPSA) is 237 Å². The van der Waals surface area contributed by atoms with Crippen LogP contribution >= 0.6 is 15.6 Å². The van der Waals surface area contributed by atoms with Crippen LogP contribution in [0.2, 0.25) is 0 Å². The van der Waals surface area contributed by atoms with Crippen molar-refractivity contribution in [1.82, 2.24) is 0 Å². The Morgan fingerprint density at radius 1 is 0.243 bits per heavy atom. The zero-order chi connectivity index (χ0) is 81.1.